The van der Waals surface area contributed by atoms with Crippen molar-refractivity contribution in [3.8, 4) is 5.75 Å². The van der Waals surface area contributed by atoms with Gasteiger partial charge in [-0.1, -0.05) is 46.4 Å². The molecule has 0 unspecified atom stereocenters. The molecule has 0 saturated carbocycles. The summed E-state index contributed by atoms with van der Waals surface area (Å²) >= 11 is 23.0. The van der Waals surface area contributed by atoms with Gasteiger partial charge in [0.05, 0.1) is 22.2 Å². The number of methoxy groups -OCH3 is 1. The molecule has 0 bridgehead atoms. The summed E-state index contributed by atoms with van der Waals surface area (Å²) in [5.74, 6) is 0.340. The highest BCUT2D eigenvalue weighted by Crippen LogP contribution is 2.42. The minimum atomic E-state index is 0.233. The Morgan fingerprint density at radius 2 is 1.58 bits per heavy atom. The van der Waals surface area contributed by atoms with Crippen LogP contribution in [0.4, 0.5) is 0 Å². The van der Waals surface area contributed by atoms with E-state index in [1.165, 1.54) is 13.2 Å². The van der Waals surface area contributed by atoms with Crippen molar-refractivity contribution in [1.82, 2.24) is 0 Å². The van der Waals surface area contributed by atoms with E-state index >= 15 is 0 Å². The van der Waals surface area contributed by atoms with Gasteiger partial charge in [0.25, 0.3) is 0 Å². The Hall–Kier alpha value is 0.180. The van der Waals surface area contributed by atoms with E-state index in [0.717, 1.165) is 0 Å². The number of ether oxygens (including phenoxy) is 1. The second-order valence-electron chi connectivity index (χ2n) is 2.00. The normalized spacial score (nSPS) is 10.1. The summed E-state index contributed by atoms with van der Waals surface area (Å²) in [7, 11) is 1.46. The fourth-order valence-electron chi connectivity index (χ4n) is 0.737. The lowest BCUT2D eigenvalue weighted by molar-refractivity contribution is 0.415. The van der Waals surface area contributed by atoms with Crippen molar-refractivity contribution in [1.29, 1.82) is 0 Å². The molecule has 1 nitrogen and oxygen atoms in total. The maximum Gasteiger partial charge on any atom is 0.157 e. The second kappa shape index (κ2) is 3.93. The van der Waals surface area contributed by atoms with Crippen LogP contribution in [0.25, 0.3) is 0 Å². The molecule has 5 heteroatoms. The predicted molar refractivity (Wildman–Crippen MR) is 53.0 cm³/mol. The lowest BCUT2D eigenvalue weighted by atomic mass is 10.3. The average molecular weight is 246 g/mol. The molecule has 0 atom stereocenters. The Kier molecular flexibility index (Phi) is 3.36. The van der Waals surface area contributed by atoms with Crippen LogP contribution in [-0.4, -0.2) is 7.11 Å². The molecule has 0 aliphatic carbocycles. The largest absolute Gasteiger partial charge is 0.494 e. The fourth-order valence-corrected chi connectivity index (χ4v) is 1.79. The van der Waals surface area contributed by atoms with Crippen molar-refractivity contribution >= 4 is 46.4 Å². The van der Waals surface area contributed by atoms with Gasteiger partial charge < -0.3 is 4.74 Å². The lowest BCUT2D eigenvalue weighted by Gasteiger charge is -2.07. The first-order valence-electron chi connectivity index (χ1n) is 2.95. The number of rotatable bonds is 1. The molecule has 0 radical (unpaired) electrons. The molecule has 1 rings (SSSR count). The molecule has 0 fully saturated rings. The van der Waals surface area contributed by atoms with Gasteiger partial charge in [-0.25, -0.2) is 0 Å². The maximum absolute atomic E-state index is 5.78. The van der Waals surface area contributed by atoms with Crippen molar-refractivity contribution in [2.24, 2.45) is 0 Å². The number of halogens is 4. The van der Waals surface area contributed by atoms with Crippen LogP contribution in [-0.2, 0) is 0 Å². The Balaban J connectivity index is 3.40. The summed E-state index contributed by atoms with van der Waals surface area (Å²) < 4.78 is 4.90. The average Bonchev–Trinajstić information content (AvgIpc) is 2.01. The SMILES string of the molecule is COc1c(Cl)cc(Cl)c(Cl)c1Cl. The highest BCUT2D eigenvalue weighted by atomic mass is 35.5. The van der Waals surface area contributed by atoms with Gasteiger partial charge >= 0.3 is 0 Å². The van der Waals surface area contributed by atoms with Crippen molar-refractivity contribution in [2.45, 2.75) is 0 Å². The number of hydrogen-bond donors (Lipinski definition) is 0. The molecular weight excluding hydrogens is 242 g/mol. The van der Waals surface area contributed by atoms with E-state index in [0.29, 0.717) is 15.8 Å². The molecule has 1 aromatic rings. The third-order valence-electron chi connectivity index (χ3n) is 1.28. The first kappa shape index (κ1) is 10.3. The Morgan fingerprint density at radius 3 is 2.08 bits per heavy atom. The summed E-state index contributed by atoms with van der Waals surface area (Å²) in [5, 5.41) is 1.14. The highest BCUT2D eigenvalue weighted by Gasteiger charge is 2.13. The molecule has 0 amide bonds. The molecular formula is C7H4Cl4O. The molecule has 0 aliphatic heterocycles. The molecule has 0 spiro atoms. The third-order valence-corrected chi connectivity index (χ3v) is 2.80. The van der Waals surface area contributed by atoms with Crippen LogP contribution in [0.2, 0.25) is 20.1 Å². The Bertz CT molecular complexity index is 311. The van der Waals surface area contributed by atoms with Crippen LogP contribution >= 0.6 is 46.4 Å². The zero-order chi connectivity index (χ0) is 9.30. The summed E-state index contributed by atoms with van der Waals surface area (Å²) in [6.07, 6.45) is 0. The van der Waals surface area contributed by atoms with Crippen LogP contribution in [0.3, 0.4) is 0 Å². The quantitative estimate of drug-likeness (QED) is 0.529. The van der Waals surface area contributed by atoms with E-state index in [1.54, 1.807) is 0 Å². The van der Waals surface area contributed by atoms with Crippen molar-refractivity contribution in [3.05, 3.63) is 26.2 Å². The first-order chi connectivity index (χ1) is 5.57. The summed E-state index contributed by atoms with van der Waals surface area (Å²) in [6, 6.07) is 1.48. The van der Waals surface area contributed by atoms with E-state index in [9.17, 15) is 0 Å². The summed E-state index contributed by atoms with van der Waals surface area (Å²) in [6.45, 7) is 0. The van der Waals surface area contributed by atoms with Gasteiger partial charge in [0.15, 0.2) is 5.75 Å². The zero-order valence-corrected chi connectivity index (χ0v) is 9.02. The minimum absolute atomic E-state index is 0.233. The van der Waals surface area contributed by atoms with Crippen LogP contribution in [0.1, 0.15) is 0 Å². The second-order valence-corrected chi connectivity index (χ2v) is 3.57. The van der Waals surface area contributed by atoms with Crippen LogP contribution < -0.4 is 4.74 Å². The Labute approximate surface area is 90.1 Å². The molecule has 0 saturated heterocycles. The van der Waals surface area contributed by atoms with E-state index in [2.05, 4.69) is 0 Å². The van der Waals surface area contributed by atoms with E-state index < -0.39 is 0 Å². The minimum Gasteiger partial charge on any atom is -0.494 e. The van der Waals surface area contributed by atoms with Crippen molar-refractivity contribution in [2.75, 3.05) is 7.11 Å². The summed E-state index contributed by atoms with van der Waals surface area (Å²) in [4.78, 5) is 0. The molecule has 12 heavy (non-hydrogen) atoms. The first-order valence-corrected chi connectivity index (χ1v) is 4.46. The van der Waals surface area contributed by atoms with Gasteiger partial charge in [-0.05, 0) is 6.07 Å². The van der Waals surface area contributed by atoms with Crippen LogP contribution in [0, 0.1) is 0 Å². The van der Waals surface area contributed by atoms with E-state index in [4.69, 9.17) is 51.1 Å². The van der Waals surface area contributed by atoms with Gasteiger partial charge in [-0.3, -0.25) is 0 Å². The highest BCUT2D eigenvalue weighted by molar-refractivity contribution is 6.50. The van der Waals surface area contributed by atoms with Crippen LogP contribution in [0.5, 0.6) is 5.75 Å². The van der Waals surface area contributed by atoms with E-state index in [-0.39, 0.29) is 10.0 Å². The van der Waals surface area contributed by atoms with E-state index in [1.807, 2.05) is 0 Å². The molecule has 0 heterocycles. The molecule has 66 valence electrons. The lowest BCUT2D eigenvalue weighted by Crippen LogP contribution is -1.86. The van der Waals surface area contributed by atoms with Gasteiger partial charge in [0.1, 0.15) is 5.02 Å². The topological polar surface area (TPSA) is 9.23 Å². The number of benzene rings is 1. The molecule has 1 aromatic carbocycles. The van der Waals surface area contributed by atoms with Crippen molar-refractivity contribution in [3.63, 3.8) is 0 Å². The van der Waals surface area contributed by atoms with Gasteiger partial charge in [0.2, 0.25) is 0 Å². The number of hydrogen-bond acceptors (Lipinski definition) is 1. The van der Waals surface area contributed by atoms with Gasteiger partial charge in [-0.15, -0.1) is 0 Å². The molecule has 0 aromatic heterocycles. The molecule has 0 N–H and O–H groups in total. The predicted octanol–water partition coefficient (Wildman–Crippen LogP) is 4.31. The van der Waals surface area contributed by atoms with Crippen LogP contribution in [0.15, 0.2) is 6.07 Å². The smallest absolute Gasteiger partial charge is 0.157 e. The monoisotopic (exact) mass is 244 g/mol. The standard InChI is InChI=1S/C7H4Cl4O/c1-12-7-4(9)2-3(8)5(10)6(7)11/h2H,1H3. The van der Waals surface area contributed by atoms with Crippen molar-refractivity contribution < 1.29 is 4.74 Å². The molecule has 0 aliphatic rings. The zero-order valence-electron chi connectivity index (χ0n) is 6.00. The summed E-state index contributed by atoms with van der Waals surface area (Å²) in [5.41, 5.74) is 0. The maximum atomic E-state index is 5.78. The third kappa shape index (κ3) is 1.74. The Morgan fingerprint density at radius 1 is 1.00 bits per heavy atom. The van der Waals surface area contributed by atoms with Gasteiger partial charge in [-0.2, -0.15) is 0 Å². The van der Waals surface area contributed by atoms with Gasteiger partial charge in [0, 0.05) is 0 Å². The fraction of sp³-hybridized carbons (Fsp3) is 0.143.